The number of carbonyl (C=O) groups excluding carboxylic acids is 1. The second-order valence-electron chi connectivity index (χ2n) is 5.21. The molecular formula is C14H20N4O3. The molecule has 0 saturated carbocycles. The first-order chi connectivity index (χ1) is 9.94. The smallest absolute Gasteiger partial charge is 0.410 e. The van der Waals surface area contributed by atoms with Gasteiger partial charge in [-0.25, -0.2) is 9.78 Å². The number of hydrogen-bond acceptors (Lipinski definition) is 4. The van der Waals surface area contributed by atoms with Gasteiger partial charge in [0.15, 0.2) is 0 Å². The molecule has 0 spiro atoms. The molecule has 0 aromatic carbocycles. The number of piperazine rings is 1. The molecule has 0 aliphatic carbocycles. The number of nitrogens with zero attached hydrogens (tertiary/aromatic N) is 3. The second kappa shape index (κ2) is 6.53. The van der Waals surface area contributed by atoms with Gasteiger partial charge in [-0.15, -0.1) is 0 Å². The highest BCUT2D eigenvalue weighted by Crippen LogP contribution is 2.14. The Balaban J connectivity index is 1.98. The predicted octanol–water partition coefficient (Wildman–Crippen LogP) is 1.14. The summed E-state index contributed by atoms with van der Waals surface area (Å²) < 4.78 is 0. The van der Waals surface area contributed by atoms with E-state index in [-0.39, 0.29) is 5.91 Å². The van der Waals surface area contributed by atoms with Crippen molar-refractivity contribution in [3.05, 3.63) is 23.4 Å². The third-order valence-corrected chi connectivity index (χ3v) is 3.47. The molecule has 7 heteroatoms. The maximum atomic E-state index is 11.3. The number of aromatic nitrogens is 1. The molecular weight excluding hydrogens is 272 g/mol. The highest BCUT2D eigenvalue weighted by Gasteiger charge is 2.18. The second-order valence-corrected chi connectivity index (χ2v) is 5.21. The molecule has 2 rings (SSSR count). The largest absolute Gasteiger partial charge is 0.465 e. The molecule has 114 valence electrons. The van der Waals surface area contributed by atoms with Crippen molar-refractivity contribution < 1.29 is 14.7 Å². The fraction of sp³-hybridized carbons (Fsp3) is 0.500. The zero-order valence-electron chi connectivity index (χ0n) is 12.3. The fourth-order valence-electron chi connectivity index (χ4n) is 2.48. The molecule has 1 aromatic rings. The van der Waals surface area contributed by atoms with E-state index in [0.29, 0.717) is 5.82 Å². The minimum Gasteiger partial charge on any atom is -0.465 e. The number of pyridine rings is 1. The summed E-state index contributed by atoms with van der Waals surface area (Å²) in [5, 5.41) is 11.0. The van der Waals surface area contributed by atoms with Crippen molar-refractivity contribution in [1.29, 1.82) is 0 Å². The first-order valence-corrected chi connectivity index (χ1v) is 6.89. The van der Waals surface area contributed by atoms with Gasteiger partial charge in [-0.05, 0) is 24.6 Å². The maximum absolute atomic E-state index is 11.3. The molecule has 1 aliphatic heterocycles. The molecule has 2 amide bonds. The average molecular weight is 292 g/mol. The number of amides is 2. The predicted molar refractivity (Wildman–Crippen MR) is 78.2 cm³/mol. The monoisotopic (exact) mass is 292 g/mol. The van der Waals surface area contributed by atoms with Gasteiger partial charge in [0.2, 0.25) is 5.91 Å². The number of carbonyl (C=O) groups is 2. The van der Waals surface area contributed by atoms with Crippen LogP contribution in [0.25, 0.3) is 0 Å². The van der Waals surface area contributed by atoms with Gasteiger partial charge < -0.3 is 10.0 Å². The molecule has 0 bridgehead atoms. The molecule has 21 heavy (non-hydrogen) atoms. The number of anilines is 1. The molecule has 1 aromatic heterocycles. The van der Waals surface area contributed by atoms with Crippen molar-refractivity contribution in [3.8, 4) is 0 Å². The quantitative estimate of drug-likeness (QED) is 0.872. The molecule has 0 atom stereocenters. The van der Waals surface area contributed by atoms with Gasteiger partial charge in [0.1, 0.15) is 5.82 Å². The van der Waals surface area contributed by atoms with E-state index in [2.05, 4.69) is 15.2 Å². The van der Waals surface area contributed by atoms with Crippen molar-refractivity contribution in [1.82, 2.24) is 14.8 Å². The Kier molecular flexibility index (Phi) is 4.74. The summed E-state index contributed by atoms with van der Waals surface area (Å²) in [6, 6.07) is 3.70. The lowest BCUT2D eigenvalue weighted by Gasteiger charge is -2.34. The first kappa shape index (κ1) is 15.2. The Hall–Kier alpha value is -2.15. The van der Waals surface area contributed by atoms with Crippen molar-refractivity contribution >= 4 is 17.8 Å². The Morgan fingerprint density at radius 3 is 2.52 bits per heavy atom. The summed E-state index contributed by atoms with van der Waals surface area (Å²) in [7, 11) is 0. The average Bonchev–Trinajstić information content (AvgIpc) is 2.37. The van der Waals surface area contributed by atoms with Crippen LogP contribution in [0.15, 0.2) is 12.1 Å². The molecule has 0 radical (unpaired) electrons. The maximum Gasteiger partial charge on any atom is 0.410 e. The van der Waals surface area contributed by atoms with E-state index in [0.717, 1.165) is 44.0 Å². The topological polar surface area (TPSA) is 85.8 Å². The van der Waals surface area contributed by atoms with E-state index in [9.17, 15) is 9.59 Å². The zero-order valence-corrected chi connectivity index (χ0v) is 12.3. The van der Waals surface area contributed by atoms with E-state index in [1.54, 1.807) is 13.0 Å². The third kappa shape index (κ3) is 4.42. The van der Waals surface area contributed by atoms with Crippen LogP contribution in [0, 0.1) is 6.92 Å². The number of carboxylic acid groups (broad SMARTS) is 1. The SMILES string of the molecule is CC(=O)N1CCN(Cc2cc(C)nc(NC(=O)O)c2)CC1. The number of aryl methyl sites for hydroxylation is 1. The molecule has 7 nitrogen and oxygen atoms in total. The van der Waals surface area contributed by atoms with Crippen LogP contribution in [0.3, 0.4) is 0 Å². The Labute approximate surface area is 123 Å². The first-order valence-electron chi connectivity index (χ1n) is 6.89. The highest BCUT2D eigenvalue weighted by atomic mass is 16.4. The van der Waals surface area contributed by atoms with Crippen molar-refractivity contribution in [3.63, 3.8) is 0 Å². The minimum atomic E-state index is -1.12. The van der Waals surface area contributed by atoms with Crippen LogP contribution < -0.4 is 5.32 Å². The van der Waals surface area contributed by atoms with E-state index in [4.69, 9.17) is 5.11 Å². The van der Waals surface area contributed by atoms with E-state index in [1.165, 1.54) is 0 Å². The summed E-state index contributed by atoms with van der Waals surface area (Å²) in [5.41, 5.74) is 1.79. The van der Waals surface area contributed by atoms with Crippen molar-refractivity contribution in [2.24, 2.45) is 0 Å². The summed E-state index contributed by atoms with van der Waals surface area (Å²) >= 11 is 0. The van der Waals surface area contributed by atoms with Crippen molar-refractivity contribution in [2.75, 3.05) is 31.5 Å². The van der Waals surface area contributed by atoms with Crippen LogP contribution in [-0.4, -0.2) is 58.1 Å². The lowest BCUT2D eigenvalue weighted by Crippen LogP contribution is -2.47. The van der Waals surface area contributed by atoms with Crippen LogP contribution in [0.4, 0.5) is 10.6 Å². The van der Waals surface area contributed by atoms with Gasteiger partial charge in [0.25, 0.3) is 0 Å². The summed E-state index contributed by atoms with van der Waals surface area (Å²) in [4.78, 5) is 30.2. The standard InChI is InChI=1S/C14H20N4O3/c1-10-7-12(8-13(15-10)16-14(20)21)9-17-3-5-18(6-4-17)11(2)19/h7-8H,3-6,9H2,1-2H3,(H,15,16)(H,20,21). The molecule has 0 unspecified atom stereocenters. The molecule has 1 saturated heterocycles. The normalized spacial score (nSPS) is 15.8. The Morgan fingerprint density at radius 1 is 1.29 bits per heavy atom. The molecule has 1 fully saturated rings. The van der Waals surface area contributed by atoms with E-state index in [1.807, 2.05) is 17.9 Å². The third-order valence-electron chi connectivity index (χ3n) is 3.47. The Morgan fingerprint density at radius 2 is 1.95 bits per heavy atom. The van der Waals surface area contributed by atoms with Crippen LogP contribution in [-0.2, 0) is 11.3 Å². The van der Waals surface area contributed by atoms with Gasteiger partial charge in [0.05, 0.1) is 0 Å². The lowest BCUT2D eigenvalue weighted by atomic mass is 10.2. The van der Waals surface area contributed by atoms with Gasteiger partial charge in [-0.1, -0.05) is 0 Å². The van der Waals surface area contributed by atoms with Crippen LogP contribution in [0.1, 0.15) is 18.2 Å². The fourth-order valence-corrected chi connectivity index (χ4v) is 2.48. The van der Waals surface area contributed by atoms with Crippen LogP contribution in [0.2, 0.25) is 0 Å². The summed E-state index contributed by atoms with van der Waals surface area (Å²) in [6.07, 6.45) is -1.12. The van der Waals surface area contributed by atoms with Gasteiger partial charge in [0, 0.05) is 45.3 Å². The van der Waals surface area contributed by atoms with Crippen molar-refractivity contribution in [2.45, 2.75) is 20.4 Å². The molecule has 2 N–H and O–H groups in total. The highest BCUT2D eigenvalue weighted by molar-refractivity contribution is 5.81. The number of hydrogen-bond donors (Lipinski definition) is 2. The molecule has 1 aliphatic rings. The number of nitrogens with one attached hydrogen (secondary N) is 1. The molecule has 2 heterocycles. The summed E-state index contributed by atoms with van der Waals surface area (Å²) in [5.74, 6) is 0.460. The van der Waals surface area contributed by atoms with Crippen LogP contribution in [0.5, 0.6) is 0 Å². The minimum absolute atomic E-state index is 0.113. The van der Waals surface area contributed by atoms with Gasteiger partial charge >= 0.3 is 6.09 Å². The van der Waals surface area contributed by atoms with E-state index >= 15 is 0 Å². The summed E-state index contributed by atoms with van der Waals surface area (Å²) in [6.45, 7) is 7.27. The van der Waals surface area contributed by atoms with Gasteiger partial charge in [-0.3, -0.25) is 15.0 Å². The van der Waals surface area contributed by atoms with Gasteiger partial charge in [-0.2, -0.15) is 0 Å². The zero-order chi connectivity index (χ0) is 15.4. The number of rotatable bonds is 3. The van der Waals surface area contributed by atoms with E-state index < -0.39 is 6.09 Å². The lowest BCUT2D eigenvalue weighted by molar-refractivity contribution is -0.130. The Bertz CT molecular complexity index is 539. The van der Waals surface area contributed by atoms with Crippen LogP contribution >= 0.6 is 0 Å².